The lowest BCUT2D eigenvalue weighted by molar-refractivity contribution is -0.130. The minimum Gasteiger partial charge on any atom is -0.449 e. The molecule has 0 aliphatic heterocycles. The van der Waals surface area contributed by atoms with Crippen LogP contribution in [0.4, 0.5) is 5.00 Å². The third kappa shape index (κ3) is 5.09. The van der Waals surface area contributed by atoms with Crippen molar-refractivity contribution in [1.29, 1.82) is 0 Å². The smallest absolute Gasteiger partial charge is 0.342 e. The maximum absolute atomic E-state index is 12.7. The summed E-state index contributed by atoms with van der Waals surface area (Å²) < 4.78 is 5.42. The summed E-state index contributed by atoms with van der Waals surface area (Å²) >= 11 is 1.33. The van der Waals surface area contributed by atoms with Gasteiger partial charge in [-0.25, -0.2) is 4.79 Å². The SMILES string of the molecule is CC(=O)Nc1sc(C)c(C)c1C(=O)O[C@H](C)C(=O)N[C@H]1CCC[C@H](C)[C@@H]1C. The van der Waals surface area contributed by atoms with E-state index in [4.69, 9.17) is 4.74 Å². The second-order valence-electron chi connectivity index (χ2n) is 7.60. The lowest BCUT2D eigenvalue weighted by Gasteiger charge is -2.35. The quantitative estimate of drug-likeness (QED) is 0.744. The highest BCUT2D eigenvalue weighted by atomic mass is 32.1. The van der Waals surface area contributed by atoms with E-state index < -0.39 is 12.1 Å². The number of aryl methyl sites for hydroxylation is 1. The van der Waals surface area contributed by atoms with Gasteiger partial charge < -0.3 is 15.4 Å². The lowest BCUT2D eigenvalue weighted by Crippen LogP contribution is -2.47. The van der Waals surface area contributed by atoms with Gasteiger partial charge >= 0.3 is 5.97 Å². The second kappa shape index (κ2) is 8.87. The first-order valence-corrected chi connectivity index (χ1v) is 10.3. The van der Waals surface area contributed by atoms with E-state index in [1.54, 1.807) is 6.92 Å². The molecule has 2 amide bonds. The van der Waals surface area contributed by atoms with Crippen LogP contribution < -0.4 is 10.6 Å². The zero-order chi connectivity index (χ0) is 20.3. The van der Waals surface area contributed by atoms with E-state index in [1.807, 2.05) is 13.8 Å². The molecule has 2 rings (SSSR count). The number of hydrogen-bond acceptors (Lipinski definition) is 5. The fourth-order valence-corrected chi connectivity index (χ4v) is 4.57. The Kier molecular flexibility index (Phi) is 7.03. The van der Waals surface area contributed by atoms with Gasteiger partial charge in [-0.3, -0.25) is 9.59 Å². The first-order chi connectivity index (χ1) is 12.6. The van der Waals surface area contributed by atoms with Gasteiger partial charge in [-0.1, -0.05) is 26.7 Å². The first-order valence-electron chi connectivity index (χ1n) is 9.50. The van der Waals surface area contributed by atoms with E-state index in [2.05, 4.69) is 24.5 Å². The highest BCUT2D eigenvalue weighted by Crippen LogP contribution is 2.33. The topological polar surface area (TPSA) is 84.5 Å². The molecular formula is C20H30N2O4S. The van der Waals surface area contributed by atoms with Gasteiger partial charge in [-0.2, -0.15) is 0 Å². The summed E-state index contributed by atoms with van der Waals surface area (Å²) in [6.07, 6.45) is 2.33. The molecule has 150 valence electrons. The number of rotatable bonds is 5. The van der Waals surface area contributed by atoms with Gasteiger partial charge in [-0.15, -0.1) is 11.3 Å². The van der Waals surface area contributed by atoms with Gasteiger partial charge in [0.05, 0.1) is 5.56 Å². The zero-order valence-electron chi connectivity index (χ0n) is 17.0. The van der Waals surface area contributed by atoms with Crippen molar-refractivity contribution in [2.45, 2.75) is 73.0 Å². The van der Waals surface area contributed by atoms with E-state index >= 15 is 0 Å². The van der Waals surface area contributed by atoms with Crippen LogP contribution >= 0.6 is 11.3 Å². The molecule has 1 aliphatic rings. The number of amides is 2. The molecular weight excluding hydrogens is 364 g/mol. The molecule has 27 heavy (non-hydrogen) atoms. The number of nitrogens with one attached hydrogen (secondary N) is 2. The van der Waals surface area contributed by atoms with Crippen molar-refractivity contribution in [3.8, 4) is 0 Å². The highest BCUT2D eigenvalue weighted by molar-refractivity contribution is 7.16. The van der Waals surface area contributed by atoms with Crippen LogP contribution in [0.5, 0.6) is 0 Å². The van der Waals surface area contributed by atoms with Gasteiger partial charge in [0.15, 0.2) is 6.10 Å². The van der Waals surface area contributed by atoms with Crippen molar-refractivity contribution >= 4 is 34.1 Å². The maximum Gasteiger partial charge on any atom is 0.342 e. The van der Waals surface area contributed by atoms with E-state index in [1.165, 1.54) is 24.7 Å². The van der Waals surface area contributed by atoms with Crippen molar-refractivity contribution in [1.82, 2.24) is 5.32 Å². The predicted octanol–water partition coefficient (Wildman–Crippen LogP) is 3.81. The Morgan fingerprint density at radius 1 is 1.19 bits per heavy atom. The summed E-state index contributed by atoms with van der Waals surface area (Å²) in [6.45, 7) is 11.0. The summed E-state index contributed by atoms with van der Waals surface area (Å²) in [6, 6.07) is 0.113. The maximum atomic E-state index is 12.7. The third-order valence-electron chi connectivity index (χ3n) is 5.57. The Labute approximate surface area is 165 Å². The molecule has 1 aromatic heterocycles. The highest BCUT2D eigenvalue weighted by Gasteiger charge is 2.31. The summed E-state index contributed by atoms with van der Waals surface area (Å²) in [4.78, 5) is 37.5. The fourth-order valence-electron chi connectivity index (χ4n) is 3.48. The van der Waals surface area contributed by atoms with Crippen LogP contribution in [-0.2, 0) is 14.3 Å². The Morgan fingerprint density at radius 2 is 1.85 bits per heavy atom. The number of thiophene rings is 1. The van der Waals surface area contributed by atoms with Crippen LogP contribution in [0.2, 0.25) is 0 Å². The van der Waals surface area contributed by atoms with Gasteiger partial charge in [0.2, 0.25) is 5.91 Å². The van der Waals surface area contributed by atoms with Crippen LogP contribution in [0.15, 0.2) is 0 Å². The normalized spacial score (nSPS) is 23.4. The average molecular weight is 395 g/mol. The van der Waals surface area contributed by atoms with Crippen molar-refractivity contribution in [3.05, 3.63) is 16.0 Å². The van der Waals surface area contributed by atoms with Crippen LogP contribution in [0, 0.1) is 25.7 Å². The molecule has 0 unspecified atom stereocenters. The molecule has 0 saturated heterocycles. The predicted molar refractivity (Wildman–Crippen MR) is 107 cm³/mol. The van der Waals surface area contributed by atoms with Crippen molar-refractivity contribution in [2.24, 2.45) is 11.8 Å². The molecule has 0 aromatic carbocycles. The van der Waals surface area contributed by atoms with Crippen molar-refractivity contribution in [2.75, 3.05) is 5.32 Å². The van der Waals surface area contributed by atoms with E-state index in [0.29, 0.717) is 22.4 Å². The molecule has 7 heteroatoms. The largest absolute Gasteiger partial charge is 0.449 e. The average Bonchev–Trinajstić information content (AvgIpc) is 2.85. The molecule has 1 aromatic rings. The van der Waals surface area contributed by atoms with Gasteiger partial charge in [0, 0.05) is 17.8 Å². The number of carbonyl (C=O) groups is 3. The van der Waals surface area contributed by atoms with Crippen LogP contribution in [0.1, 0.15) is 67.8 Å². The van der Waals surface area contributed by atoms with Crippen molar-refractivity contribution < 1.29 is 19.1 Å². The fraction of sp³-hybridized carbons (Fsp3) is 0.650. The first kappa shape index (κ1) is 21.4. The Hall–Kier alpha value is -1.89. The molecule has 0 radical (unpaired) electrons. The molecule has 0 spiro atoms. The minimum absolute atomic E-state index is 0.113. The number of anilines is 1. The summed E-state index contributed by atoms with van der Waals surface area (Å²) in [7, 11) is 0. The number of hydrogen-bond donors (Lipinski definition) is 2. The molecule has 4 atom stereocenters. The zero-order valence-corrected chi connectivity index (χ0v) is 17.8. The van der Waals surface area contributed by atoms with Crippen molar-refractivity contribution in [3.63, 3.8) is 0 Å². The van der Waals surface area contributed by atoms with E-state index in [0.717, 1.165) is 23.3 Å². The number of carbonyl (C=O) groups excluding carboxylic acids is 3. The molecule has 1 aliphatic carbocycles. The minimum atomic E-state index is -0.897. The van der Waals surface area contributed by atoms with E-state index in [9.17, 15) is 14.4 Å². The molecule has 1 heterocycles. The second-order valence-corrected chi connectivity index (χ2v) is 8.82. The van der Waals surface area contributed by atoms with Crippen LogP contribution in [0.3, 0.4) is 0 Å². The number of esters is 1. The Bertz CT molecular complexity index is 728. The van der Waals surface area contributed by atoms with Crippen LogP contribution in [-0.4, -0.2) is 29.9 Å². The molecule has 1 fully saturated rings. The summed E-state index contributed by atoms with van der Waals surface area (Å²) in [5.74, 6) is -0.151. The molecule has 0 bridgehead atoms. The summed E-state index contributed by atoms with van der Waals surface area (Å²) in [5.41, 5.74) is 1.09. The lowest BCUT2D eigenvalue weighted by atomic mass is 9.78. The van der Waals surface area contributed by atoms with Gasteiger partial charge in [0.25, 0.3) is 5.91 Å². The van der Waals surface area contributed by atoms with E-state index in [-0.39, 0.29) is 17.9 Å². The molecule has 2 N–H and O–H groups in total. The monoisotopic (exact) mass is 394 g/mol. The third-order valence-corrected chi connectivity index (χ3v) is 6.69. The van der Waals surface area contributed by atoms with Gasteiger partial charge in [0.1, 0.15) is 5.00 Å². The molecule has 1 saturated carbocycles. The standard InChI is InChI=1S/C20H30N2O4S/c1-10-8-7-9-16(11(10)2)22-18(24)13(4)26-20(25)17-12(3)14(5)27-19(17)21-15(6)23/h10-11,13,16H,7-9H2,1-6H3,(H,21,23)(H,22,24)/t10-,11-,13+,16-/m0/s1. The summed E-state index contributed by atoms with van der Waals surface area (Å²) in [5, 5.41) is 6.17. The van der Waals surface area contributed by atoms with Gasteiger partial charge in [-0.05, 0) is 44.6 Å². The molecule has 6 nitrogen and oxygen atoms in total. The Balaban J connectivity index is 2.05. The Morgan fingerprint density at radius 3 is 2.48 bits per heavy atom. The number of ether oxygens (including phenoxy) is 1. The van der Waals surface area contributed by atoms with Crippen LogP contribution in [0.25, 0.3) is 0 Å².